The normalized spacial score (nSPS) is 44.0. The summed E-state index contributed by atoms with van der Waals surface area (Å²) in [6.45, 7) is 10.3. The van der Waals surface area contributed by atoms with Crippen LogP contribution in [0, 0.1) is 11.8 Å². The molecular weight excluding hydrogens is 244 g/mol. The second-order valence-corrected chi connectivity index (χ2v) is 6.58. The van der Waals surface area contributed by atoms with Crippen LogP contribution in [0.4, 0.5) is 0 Å². The first-order valence-electron chi connectivity index (χ1n) is 7.23. The Morgan fingerprint density at radius 1 is 1.42 bits per heavy atom. The van der Waals surface area contributed by atoms with E-state index in [4.69, 9.17) is 9.99 Å². The first kappa shape index (κ1) is 15.0. The number of aliphatic hydroxyl groups excluding tert-OH is 1. The van der Waals surface area contributed by atoms with Crippen molar-refractivity contribution in [3.8, 4) is 0 Å². The molecular formula is C15H26O4. The van der Waals surface area contributed by atoms with E-state index in [0.29, 0.717) is 12.3 Å². The number of fused-ring (bicyclic) bond motifs is 1. The van der Waals surface area contributed by atoms with E-state index in [9.17, 15) is 5.11 Å². The molecule has 0 aromatic heterocycles. The second kappa shape index (κ2) is 5.52. The zero-order valence-electron chi connectivity index (χ0n) is 12.1. The maximum atomic E-state index is 10.5. The van der Waals surface area contributed by atoms with Crippen LogP contribution in [-0.4, -0.2) is 34.3 Å². The molecule has 0 amide bonds. The van der Waals surface area contributed by atoms with Crippen molar-refractivity contribution >= 4 is 0 Å². The van der Waals surface area contributed by atoms with Crippen LogP contribution in [0.2, 0.25) is 0 Å². The summed E-state index contributed by atoms with van der Waals surface area (Å²) in [5, 5.41) is 19.5. The van der Waals surface area contributed by atoms with Crippen LogP contribution in [0.1, 0.15) is 46.5 Å². The van der Waals surface area contributed by atoms with E-state index in [0.717, 1.165) is 24.8 Å². The standard InChI is InChI=1S/C15H26O4/c1-9(2)11-6-5-10(3)12(19-17)7-8-15(4)14(18-15)13(11)16/h9,11-14,16-17H,3,5-8H2,1-2,4H3/t11-,12?,13-,14+,15+/m0/s1. The Morgan fingerprint density at radius 2 is 2.11 bits per heavy atom. The van der Waals surface area contributed by atoms with Gasteiger partial charge in [0.1, 0.15) is 12.2 Å². The summed E-state index contributed by atoms with van der Waals surface area (Å²) in [5.41, 5.74) is 0.629. The van der Waals surface area contributed by atoms with Gasteiger partial charge in [-0.05, 0) is 50.0 Å². The van der Waals surface area contributed by atoms with Gasteiger partial charge in [0.25, 0.3) is 0 Å². The highest BCUT2D eigenvalue weighted by Gasteiger charge is 2.57. The molecule has 4 nitrogen and oxygen atoms in total. The smallest absolute Gasteiger partial charge is 0.114 e. The fourth-order valence-electron chi connectivity index (χ4n) is 3.27. The number of aliphatic hydroxyl groups is 1. The highest BCUT2D eigenvalue weighted by Crippen LogP contribution is 2.47. The molecule has 2 N–H and O–H groups in total. The van der Waals surface area contributed by atoms with Crippen molar-refractivity contribution in [1.82, 2.24) is 0 Å². The Morgan fingerprint density at radius 3 is 2.68 bits per heavy atom. The Balaban J connectivity index is 2.14. The van der Waals surface area contributed by atoms with Crippen LogP contribution in [0.3, 0.4) is 0 Å². The van der Waals surface area contributed by atoms with Crippen LogP contribution < -0.4 is 0 Å². The number of rotatable bonds is 2. The fourth-order valence-corrected chi connectivity index (χ4v) is 3.27. The average molecular weight is 270 g/mol. The maximum absolute atomic E-state index is 10.5. The number of epoxide rings is 1. The summed E-state index contributed by atoms with van der Waals surface area (Å²) in [6, 6.07) is 0. The minimum absolute atomic E-state index is 0.0781. The quantitative estimate of drug-likeness (QED) is 0.350. The monoisotopic (exact) mass is 270 g/mol. The Hall–Kier alpha value is -0.420. The van der Waals surface area contributed by atoms with Gasteiger partial charge in [-0.2, -0.15) is 0 Å². The molecule has 4 heteroatoms. The molecule has 1 unspecified atom stereocenters. The Kier molecular flexibility index (Phi) is 4.35. The zero-order chi connectivity index (χ0) is 14.2. The summed E-state index contributed by atoms with van der Waals surface area (Å²) in [7, 11) is 0. The van der Waals surface area contributed by atoms with Crippen molar-refractivity contribution in [3.05, 3.63) is 12.2 Å². The summed E-state index contributed by atoms with van der Waals surface area (Å²) >= 11 is 0. The summed E-state index contributed by atoms with van der Waals surface area (Å²) in [5.74, 6) is 0.588. The lowest BCUT2D eigenvalue weighted by molar-refractivity contribution is -0.270. The average Bonchev–Trinajstić information content (AvgIpc) is 3.01. The molecule has 1 saturated carbocycles. The van der Waals surface area contributed by atoms with E-state index >= 15 is 0 Å². The maximum Gasteiger partial charge on any atom is 0.114 e. The number of hydrogen-bond donors (Lipinski definition) is 2. The molecule has 1 aliphatic carbocycles. The lowest BCUT2D eigenvalue weighted by Gasteiger charge is -2.29. The molecule has 0 radical (unpaired) electrons. The van der Waals surface area contributed by atoms with Gasteiger partial charge in [0.05, 0.1) is 11.7 Å². The third-order valence-corrected chi connectivity index (χ3v) is 4.83. The molecule has 110 valence electrons. The Bertz CT molecular complexity index is 341. The molecule has 0 bridgehead atoms. The van der Waals surface area contributed by atoms with E-state index in [1.807, 2.05) is 6.92 Å². The molecule has 1 aliphatic heterocycles. The molecule has 5 atom stereocenters. The van der Waals surface area contributed by atoms with Crippen molar-refractivity contribution in [2.75, 3.05) is 0 Å². The molecule has 2 fully saturated rings. The van der Waals surface area contributed by atoms with E-state index < -0.39 is 6.10 Å². The summed E-state index contributed by atoms with van der Waals surface area (Å²) in [6.07, 6.45) is 2.27. The van der Waals surface area contributed by atoms with Crippen LogP contribution in [0.25, 0.3) is 0 Å². The lowest BCUT2D eigenvalue weighted by atomic mass is 9.79. The molecule has 19 heavy (non-hydrogen) atoms. The zero-order valence-corrected chi connectivity index (χ0v) is 12.1. The van der Waals surface area contributed by atoms with Gasteiger partial charge in [0, 0.05) is 0 Å². The van der Waals surface area contributed by atoms with Gasteiger partial charge in [-0.3, -0.25) is 5.26 Å². The van der Waals surface area contributed by atoms with Crippen molar-refractivity contribution in [1.29, 1.82) is 0 Å². The van der Waals surface area contributed by atoms with E-state index in [1.165, 1.54) is 0 Å². The van der Waals surface area contributed by atoms with Crippen molar-refractivity contribution in [2.24, 2.45) is 11.8 Å². The van der Waals surface area contributed by atoms with E-state index in [2.05, 4.69) is 25.3 Å². The van der Waals surface area contributed by atoms with E-state index in [1.54, 1.807) is 0 Å². The topological polar surface area (TPSA) is 62.2 Å². The lowest BCUT2D eigenvalue weighted by Crippen LogP contribution is -2.35. The van der Waals surface area contributed by atoms with Crippen LogP contribution >= 0.6 is 0 Å². The van der Waals surface area contributed by atoms with Crippen molar-refractivity contribution < 1.29 is 20.0 Å². The highest BCUT2D eigenvalue weighted by atomic mass is 17.1. The Labute approximate surface area is 115 Å². The molecule has 0 spiro atoms. The van der Waals surface area contributed by atoms with Gasteiger partial charge in [-0.15, -0.1) is 0 Å². The minimum atomic E-state index is -0.413. The van der Waals surface area contributed by atoms with Gasteiger partial charge < -0.3 is 9.84 Å². The summed E-state index contributed by atoms with van der Waals surface area (Å²) < 4.78 is 5.74. The third-order valence-electron chi connectivity index (χ3n) is 4.83. The van der Waals surface area contributed by atoms with Crippen LogP contribution in [0.5, 0.6) is 0 Å². The predicted molar refractivity (Wildman–Crippen MR) is 72.7 cm³/mol. The first-order chi connectivity index (χ1) is 8.89. The number of hydrogen-bond acceptors (Lipinski definition) is 4. The fraction of sp³-hybridized carbons (Fsp3) is 0.867. The molecule has 0 aromatic rings. The van der Waals surface area contributed by atoms with Gasteiger partial charge in [-0.1, -0.05) is 20.4 Å². The summed E-state index contributed by atoms with van der Waals surface area (Å²) in [4.78, 5) is 4.55. The van der Waals surface area contributed by atoms with Crippen molar-refractivity contribution in [3.63, 3.8) is 0 Å². The van der Waals surface area contributed by atoms with E-state index in [-0.39, 0.29) is 23.7 Å². The largest absolute Gasteiger partial charge is 0.390 e. The second-order valence-electron chi connectivity index (χ2n) is 6.58. The highest BCUT2D eigenvalue weighted by molar-refractivity contribution is 5.10. The third kappa shape index (κ3) is 3.02. The van der Waals surface area contributed by atoms with Gasteiger partial charge >= 0.3 is 0 Å². The minimum Gasteiger partial charge on any atom is -0.390 e. The SMILES string of the molecule is C=C1CC[C@@H](C(C)C)[C@H](O)[C@H]2O[C@]2(C)CCC1OO. The van der Waals surface area contributed by atoms with Crippen LogP contribution in [-0.2, 0) is 9.62 Å². The predicted octanol–water partition coefficient (Wildman–Crippen LogP) is 2.77. The number of ether oxygens (including phenoxy) is 1. The van der Waals surface area contributed by atoms with Gasteiger partial charge in [0.15, 0.2) is 0 Å². The molecule has 2 rings (SSSR count). The van der Waals surface area contributed by atoms with Crippen molar-refractivity contribution in [2.45, 2.75) is 70.4 Å². The molecule has 1 heterocycles. The van der Waals surface area contributed by atoms with Gasteiger partial charge in [-0.25, -0.2) is 4.89 Å². The molecule has 1 saturated heterocycles. The van der Waals surface area contributed by atoms with Crippen LogP contribution in [0.15, 0.2) is 12.2 Å². The first-order valence-corrected chi connectivity index (χ1v) is 7.23. The molecule has 0 aromatic carbocycles. The molecule has 2 aliphatic rings. The van der Waals surface area contributed by atoms with Gasteiger partial charge in [0.2, 0.25) is 0 Å².